The zero-order valence-electron chi connectivity index (χ0n) is 14.1. The molecule has 25 heavy (non-hydrogen) atoms. The molecule has 3 rings (SSSR count). The average Bonchev–Trinajstić information content (AvgIpc) is 2.63. The van der Waals surface area contributed by atoms with Crippen molar-refractivity contribution in [3.8, 4) is 0 Å². The van der Waals surface area contributed by atoms with E-state index in [2.05, 4.69) is 10.2 Å². The molecule has 132 valence electrons. The number of hydrogen-bond acceptors (Lipinski definition) is 4. The van der Waals surface area contributed by atoms with Crippen LogP contribution >= 0.6 is 23.4 Å². The predicted molar refractivity (Wildman–Crippen MR) is 105 cm³/mol. The molecule has 0 radical (unpaired) electrons. The number of morpholine rings is 1. The number of amides is 1. The Morgan fingerprint density at radius 1 is 1.20 bits per heavy atom. The largest absolute Gasteiger partial charge is 0.378 e. The van der Waals surface area contributed by atoms with Gasteiger partial charge < -0.3 is 15.0 Å². The van der Waals surface area contributed by atoms with Crippen LogP contribution in [0.4, 0.5) is 11.4 Å². The number of hydrogen-bond donors (Lipinski definition) is 1. The molecule has 0 spiro atoms. The molecule has 0 unspecified atom stereocenters. The maximum Gasteiger partial charge on any atom is 0.228 e. The molecule has 0 aliphatic carbocycles. The van der Waals surface area contributed by atoms with Gasteiger partial charge in [0.15, 0.2) is 0 Å². The minimum absolute atomic E-state index is 0.0490. The molecule has 1 N–H and O–H groups in total. The van der Waals surface area contributed by atoms with Crippen molar-refractivity contribution < 1.29 is 9.53 Å². The molecule has 1 aliphatic rings. The number of nitrogens with zero attached hydrogens (tertiary/aromatic N) is 1. The van der Waals surface area contributed by atoms with Crippen LogP contribution in [0.5, 0.6) is 0 Å². The van der Waals surface area contributed by atoms with Gasteiger partial charge in [-0.3, -0.25) is 4.79 Å². The fourth-order valence-corrected chi connectivity index (χ4v) is 3.49. The van der Waals surface area contributed by atoms with Gasteiger partial charge >= 0.3 is 0 Å². The molecule has 1 aliphatic heterocycles. The summed E-state index contributed by atoms with van der Waals surface area (Å²) in [6.07, 6.45) is 2.38. The third-order valence-corrected chi connectivity index (χ3v) is 5.15. The number of nitrogens with one attached hydrogen (secondary N) is 1. The first-order valence-electron chi connectivity index (χ1n) is 8.21. The summed E-state index contributed by atoms with van der Waals surface area (Å²) in [5.74, 6) is -0.0490. The van der Waals surface area contributed by atoms with Crippen LogP contribution in [-0.4, -0.2) is 38.5 Å². The van der Waals surface area contributed by atoms with Crippen LogP contribution < -0.4 is 10.2 Å². The first-order valence-corrected chi connectivity index (χ1v) is 9.81. The first-order chi connectivity index (χ1) is 12.2. The SMILES string of the molecule is CSc1ccc(CC(=O)Nc2ccc(N3CCOCC3)c(Cl)c2)cc1. The zero-order valence-corrected chi connectivity index (χ0v) is 15.7. The molecular formula is C19H21ClN2O2S. The Morgan fingerprint density at radius 3 is 2.56 bits per heavy atom. The highest BCUT2D eigenvalue weighted by atomic mass is 35.5. The van der Waals surface area contributed by atoms with E-state index in [0.717, 1.165) is 24.3 Å². The van der Waals surface area contributed by atoms with Crippen LogP contribution in [0.15, 0.2) is 47.4 Å². The van der Waals surface area contributed by atoms with Gasteiger partial charge in [-0.2, -0.15) is 0 Å². The number of rotatable bonds is 5. The molecule has 1 heterocycles. The Balaban J connectivity index is 1.61. The van der Waals surface area contributed by atoms with Crippen molar-refractivity contribution in [3.63, 3.8) is 0 Å². The summed E-state index contributed by atoms with van der Waals surface area (Å²) < 4.78 is 5.37. The standard InChI is InChI=1S/C19H21ClN2O2S/c1-25-16-5-2-14(3-6-16)12-19(23)21-15-4-7-18(17(20)13-15)22-8-10-24-11-9-22/h2-7,13H,8-12H2,1H3,(H,21,23). The maximum absolute atomic E-state index is 12.2. The van der Waals surface area contributed by atoms with E-state index in [1.54, 1.807) is 17.8 Å². The normalized spacial score (nSPS) is 14.4. The monoisotopic (exact) mass is 376 g/mol. The Morgan fingerprint density at radius 2 is 1.92 bits per heavy atom. The van der Waals surface area contributed by atoms with Gasteiger partial charge in [0.2, 0.25) is 5.91 Å². The van der Waals surface area contributed by atoms with Crippen LogP contribution in [0, 0.1) is 0 Å². The highest BCUT2D eigenvalue weighted by Crippen LogP contribution is 2.29. The number of carbonyl (C=O) groups is 1. The van der Waals surface area contributed by atoms with Crippen molar-refractivity contribution in [2.75, 3.05) is 42.8 Å². The van der Waals surface area contributed by atoms with E-state index in [-0.39, 0.29) is 5.91 Å². The minimum Gasteiger partial charge on any atom is -0.378 e. The second kappa shape index (κ2) is 8.61. The summed E-state index contributed by atoms with van der Waals surface area (Å²) in [7, 11) is 0. The van der Waals surface area contributed by atoms with Crippen LogP contribution in [0.1, 0.15) is 5.56 Å². The van der Waals surface area contributed by atoms with Crippen molar-refractivity contribution in [2.45, 2.75) is 11.3 Å². The van der Waals surface area contributed by atoms with Crippen molar-refractivity contribution in [2.24, 2.45) is 0 Å². The quantitative estimate of drug-likeness (QED) is 0.798. The smallest absolute Gasteiger partial charge is 0.228 e. The number of benzene rings is 2. The molecule has 1 amide bonds. The van der Waals surface area contributed by atoms with E-state index >= 15 is 0 Å². The topological polar surface area (TPSA) is 41.6 Å². The van der Waals surface area contributed by atoms with Crippen molar-refractivity contribution in [3.05, 3.63) is 53.1 Å². The molecule has 1 saturated heterocycles. The van der Waals surface area contributed by atoms with Crippen LogP contribution in [-0.2, 0) is 16.0 Å². The molecule has 0 bridgehead atoms. The zero-order chi connectivity index (χ0) is 17.6. The van der Waals surface area contributed by atoms with E-state index in [9.17, 15) is 4.79 Å². The van der Waals surface area contributed by atoms with E-state index in [1.807, 2.05) is 42.7 Å². The van der Waals surface area contributed by atoms with Gasteiger partial charge in [0.25, 0.3) is 0 Å². The van der Waals surface area contributed by atoms with Crippen LogP contribution in [0.2, 0.25) is 5.02 Å². The number of thioether (sulfide) groups is 1. The Hall–Kier alpha value is -1.69. The molecule has 4 nitrogen and oxygen atoms in total. The Bertz CT molecular complexity index is 731. The molecule has 6 heteroatoms. The molecule has 0 saturated carbocycles. The lowest BCUT2D eigenvalue weighted by Gasteiger charge is -2.29. The molecule has 2 aromatic carbocycles. The summed E-state index contributed by atoms with van der Waals surface area (Å²) in [5.41, 5.74) is 2.69. The van der Waals surface area contributed by atoms with Gasteiger partial charge in [0.05, 0.1) is 30.3 Å². The Kier molecular flexibility index (Phi) is 6.24. The third kappa shape index (κ3) is 4.91. The van der Waals surface area contributed by atoms with Crippen molar-refractivity contribution in [1.82, 2.24) is 0 Å². The maximum atomic E-state index is 12.2. The summed E-state index contributed by atoms with van der Waals surface area (Å²) in [6, 6.07) is 13.7. The van der Waals surface area contributed by atoms with Gasteiger partial charge in [-0.15, -0.1) is 11.8 Å². The average molecular weight is 377 g/mol. The highest BCUT2D eigenvalue weighted by molar-refractivity contribution is 7.98. The highest BCUT2D eigenvalue weighted by Gasteiger charge is 2.15. The van der Waals surface area contributed by atoms with Gasteiger partial charge in [0.1, 0.15) is 0 Å². The van der Waals surface area contributed by atoms with Gasteiger partial charge in [-0.05, 0) is 42.2 Å². The second-order valence-corrected chi connectivity index (χ2v) is 7.13. The van der Waals surface area contributed by atoms with Crippen LogP contribution in [0.25, 0.3) is 0 Å². The summed E-state index contributed by atoms with van der Waals surface area (Å²) >= 11 is 8.09. The van der Waals surface area contributed by atoms with E-state index in [1.165, 1.54) is 4.90 Å². The molecule has 1 fully saturated rings. The van der Waals surface area contributed by atoms with Crippen LogP contribution in [0.3, 0.4) is 0 Å². The lowest BCUT2D eigenvalue weighted by molar-refractivity contribution is -0.115. The fraction of sp³-hybridized carbons (Fsp3) is 0.316. The number of halogens is 1. The summed E-state index contributed by atoms with van der Waals surface area (Å²) in [6.45, 7) is 3.09. The Labute approximate surface area is 157 Å². The van der Waals surface area contributed by atoms with Crippen molar-refractivity contribution >= 4 is 40.6 Å². The lowest BCUT2D eigenvalue weighted by Crippen LogP contribution is -2.36. The van der Waals surface area contributed by atoms with E-state index in [0.29, 0.717) is 30.3 Å². The molecular weight excluding hydrogens is 356 g/mol. The van der Waals surface area contributed by atoms with Crippen molar-refractivity contribution in [1.29, 1.82) is 0 Å². The lowest BCUT2D eigenvalue weighted by atomic mass is 10.1. The van der Waals surface area contributed by atoms with Gasteiger partial charge in [-0.25, -0.2) is 0 Å². The van der Waals surface area contributed by atoms with E-state index < -0.39 is 0 Å². The van der Waals surface area contributed by atoms with Gasteiger partial charge in [-0.1, -0.05) is 23.7 Å². The summed E-state index contributed by atoms with van der Waals surface area (Å²) in [4.78, 5) is 15.6. The first kappa shape index (κ1) is 18.1. The summed E-state index contributed by atoms with van der Waals surface area (Å²) in [5, 5.41) is 3.56. The predicted octanol–water partition coefficient (Wildman–Crippen LogP) is 4.08. The van der Waals surface area contributed by atoms with Gasteiger partial charge in [0, 0.05) is 23.7 Å². The third-order valence-electron chi connectivity index (χ3n) is 4.11. The second-order valence-electron chi connectivity index (χ2n) is 5.84. The minimum atomic E-state index is -0.0490. The molecule has 2 aromatic rings. The molecule has 0 atom stereocenters. The number of anilines is 2. The van der Waals surface area contributed by atoms with E-state index in [4.69, 9.17) is 16.3 Å². The number of carbonyl (C=O) groups excluding carboxylic acids is 1. The fourth-order valence-electron chi connectivity index (χ4n) is 2.78. The number of ether oxygens (including phenoxy) is 1. The molecule has 0 aromatic heterocycles.